The van der Waals surface area contributed by atoms with Gasteiger partial charge in [0.25, 0.3) is 17.4 Å². The molecule has 0 spiro atoms. The number of pyridine rings is 1. The van der Waals surface area contributed by atoms with Gasteiger partial charge in [0.15, 0.2) is 0 Å². The van der Waals surface area contributed by atoms with Gasteiger partial charge in [0.1, 0.15) is 17.2 Å². The lowest BCUT2D eigenvalue weighted by Gasteiger charge is -2.38. The number of carbonyl (C=O) groups is 2. The first kappa shape index (κ1) is 27.3. The highest BCUT2D eigenvalue weighted by molar-refractivity contribution is 5.98. The molecule has 3 aliphatic heterocycles. The number of hydrogen-bond donors (Lipinski definition) is 1. The number of nitrogens with one attached hydrogen (secondary N) is 1. The summed E-state index contributed by atoms with van der Waals surface area (Å²) in [5.41, 5.74) is 4.13. The number of aromatic nitrogens is 3. The van der Waals surface area contributed by atoms with Gasteiger partial charge >= 0.3 is 0 Å². The van der Waals surface area contributed by atoms with E-state index in [1.54, 1.807) is 37.5 Å². The third kappa shape index (κ3) is 5.15. The van der Waals surface area contributed by atoms with Crippen molar-refractivity contribution in [3.63, 3.8) is 0 Å². The highest BCUT2D eigenvalue weighted by atomic mass is 16.5. The number of fused-ring (bicyclic) bond motifs is 7. The predicted octanol–water partition coefficient (Wildman–Crippen LogP) is 4.42. The van der Waals surface area contributed by atoms with Crippen molar-refractivity contribution in [2.45, 2.75) is 18.9 Å². The van der Waals surface area contributed by atoms with Crippen LogP contribution in [-0.2, 0) is 13.5 Å². The minimum atomic E-state index is -0.390. The van der Waals surface area contributed by atoms with Crippen LogP contribution in [0.25, 0.3) is 10.9 Å². The summed E-state index contributed by atoms with van der Waals surface area (Å²) in [7, 11) is 1.65. The molecule has 0 radical (unpaired) electrons. The van der Waals surface area contributed by atoms with Gasteiger partial charge in [0.05, 0.1) is 41.6 Å². The van der Waals surface area contributed by atoms with E-state index in [9.17, 15) is 14.4 Å². The molecule has 0 fully saturated rings. The van der Waals surface area contributed by atoms with Crippen LogP contribution in [0, 0.1) is 0 Å². The van der Waals surface area contributed by atoms with Crippen LogP contribution in [0.1, 0.15) is 49.9 Å². The molecular formula is C34H29N5O5. The molecule has 8 bridgehead atoms. The second-order valence-corrected chi connectivity index (χ2v) is 10.9. The number of aryl methyl sites for hydroxylation is 1. The van der Waals surface area contributed by atoms with Crippen LogP contribution in [0.15, 0.2) is 90.2 Å². The Kier molecular flexibility index (Phi) is 7.01. The number of nitrogens with zero attached hydrogens (tertiary/aromatic N) is 4. The Morgan fingerprint density at radius 3 is 2.80 bits per heavy atom. The Bertz CT molecular complexity index is 1990. The number of ether oxygens (including phenoxy) is 2. The summed E-state index contributed by atoms with van der Waals surface area (Å²) in [4.78, 5) is 49.9. The van der Waals surface area contributed by atoms with Crippen LogP contribution in [-0.4, -0.2) is 50.9 Å². The van der Waals surface area contributed by atoms with E-state index in [1.165, 1.54) is 17.1 Å². The third-order valence-corrected chi connectivity index (χ3v) is 8.03. The summed E-state index contributed by atoms with van der Waals surface area (Å²) in [5.74, 6) is 1.36. The molecule has 44 heavy (non-hydrogen) atoms. The first-order chi connectivity index (χ1) is 21.4. The van der Waals surface area contributed by atoms with Gasteiger partial charge in [0.2, 0.25) is 0 Å². The summed E-state index contributed by atoms with van der Waals surface area (Å²) >= 11 is 0. The Hall–Kier alpha value is -5.51. The van der Waals surface area contributed by atoms with E-state index < -0.39 is 0 Å². The molecule has 3 aromatic carbocycles. The van der Waals surface area contributed by atoms with Crippen molar-refractivity contribution in [2.24, 2.45) is 7.05 Å². The van der Waals surface area contributed by atoms with Crippen LogP contribution < -0.4 is 20.3 Å². The lowest BCUT2D eigenvalue weighted by atomic mass is 9.87. The quantitative estimate of drug-likeness (QED) is 0.309. The predicted molar refractivity (Wildman–Crippen MR) is 163 cm³/mol. The van der Waals surface area contributed by atoms with Gasteiger partial charge in [-0.15, -0.1) is 0 Å². The fourth-order valence-corrected chi connectivity index (χ4v) is 5.83. The standard InChI is InChI=1S/C34H29N5O5/c1-38-20-37-30-17-23(6-8-29(30)34(38)42)33(41)39-12-10-21-14-26-7-9-28(21)31(39)22-4-2-5-25(15-22)43-13-3-11-36-32(40)24-16-27(44-26)19-35-18-24/h2,4-9,14-20,31H,3,10-13H2,1H3,(H,36,40). The molecule has 2 amide bonds. The maximum atomic E-state index is 14.2. The second-order valence-electron chi connectivity index (χ2n) is 10.9. The van der Waals surface area contributed by atoms with E-state index in [4.69, 9.17) is 9.47 Å². The molecule has 0 saturated carbocycles. The topological polar surface area (TPSA) is 116 Å². The van der Waals surface area contributed by atoms with Gasteiger partial charge in [-0.2, -0.15) is 0 Å². The number of carbonyl (C=O) groups excluding carboxylic acids is 2. The van der Waals surface area contributed by atoms with Crippen LogP contribution in [0.3, 0.4) is 0 Å². The zero-order chi connectivity index (χ0) is 30.2. The minimum Gasteiger partial charge on any atom is -0.494 e. The number of amides is 2. The molecule has 2 aromatic heterocycles. The van der Waals surface area contributed by atoms with E-state index in [0.29, 0.717) is 71.8 Å². The highest BCUT2D eigenvalue weighted by Crippen LogP contribution is 2.39. The molecular weight excluding hydrogens is 558 g/mol. The first-order valence-corrected chi connectivity index (χ1v) is 14.5. The molecule has 220 valence electrons. The van der Waals surface area contributed by atoms with Gasteiger partial charge in [-0.05, 0) is 78.1 Å². The molecule has 0 saturated heterocycles. The van der Waals surface area contributed by atoms with Crippen molar-refractivity contribution in [1.82, 2.24) is 24.8 Å². The van der Waals surface area contributed by atoms with Crippen LogP contribution >= 0.6 is 0 Å². The van der Waals surface area contributed by atoms with E-state index in [0.717, 1.165) is 16.7 Å². The smallest absolute Gasteiger partial charge is 0.260 e. The molecule has 1 atom stereocenters. The minimum absolute atomic E-state index is 0.155. The van der Waals surface area contributed by atoms with Crippen LogP contribution in [0.2, 0.25) is 0 Å². The van der Waals surface area contributed by atoms with Crippen LogP contribution in [0.5, 0.6) is 17.2 Å². The maximum absolute atomic E-state index is 14.2. The van der Waals surface area contributed by atoms with E-state index in [-0.39, 0.29) is 23.4 Å². The van der Waals surface area contributed by atoms with Crippen molar-refractivity contribution < 1.29 is 19.1 Å². The molecule has 10 nitrogen and oxygen atoms in total. The van der Waals surface area contributed by atoms with Crippen molar-refractivity contribution in [1.29, 1.82) is 0 Å². The molecule has 5 heterocycles. The first-order valence-electron chi connectivity index (χ1n) is 14.5. The largest absolute Gasteiger partial charge is 0.494 e. The zero-order valence-electron chi connectivity index (χ0n) is 24.0. The summed E-state index contributed by atoms with van der Waals surface area (Å²) in [5, 5.41) is 3.36. The molecule has 1 N–H and O–H groups in total. The average molecular weight is 588 g/mol. The van der Waals surface area contributed by atoms with Gasteiger partial charge in [-0.25, -0.2) is 4.98 Å². The van der Waals surface area contributed by atoms with Crippen molar-refractivity contribution in [3.8, 4) is 17.2 Å². The van der Waals surface area contributed by atoms with Gasteiger partial charge in [0, 0.05) is 31.9 Å². The van der Waals surface area contributed by atoms with Crippen molar-refractivity contribution >= 4 is 22.7 Å². The number of hydrogen-bond acceptors (Lipinski definition) is 7. The fourth-order valence-electron chi connectivity index (χ4n) is 5.83. The van der Waals surface area contributed by atoms with Crippen molar-refractivity contribution in [3.05, 3.63) is 124 Å². The van der Waals surface area contributed by atoms with Crippen molar-refractivity contribution in [2.75, 3.05) is 19.7 Å². The van der Waals surface area contributed by atoms with Gasteiger partial charge in [-0.3, -0.25) is 19.4 Å². The van der Waals surface area contributed by atoms with Gasteiger partial charge < -0.3 is 24.3 Å². The highest BCUT2D eigenvalue weighted by Gasteiger charge is 2.33. The summed E-state index contributed by atoms with van der Waals surface area (Å²) < 4.78 is 13.6. The lowest BCUT2D eigenvalue weighted by Crippen LogP contribution is -2.40. The van der Waals surface area contributed by atoms with E-state index in [1.807, 2.05) is 47.4 Å². The van der Waals surface area contributed by atoms with Crippen LogP contribution in [0.4, 0.5) is 0 Å². The Morgan fingerprint density at radius 2 is 1.89 bits per heavy atom. The monoisotopic (exact) mass is 587 g/mol. The average Bonchev–Trinajstić information content (AvgIpc) is 3.05. The summed E-state index contributed by atoms with van der Waals surface area (Å²) in [6, 6.07) is 20.0. The second kappa shape index (κ2) is 11.3. The molecule has 5 aromatic rings. The molecule has 10 heteroatoms. The number of rotatable bonds is 1. The molecule has 8 rings (SSSR count). The SMILES string of the molecule is Cn1cnc2cc(C(=O)N3CCc4cc5ccc4C3c3cccc(c3)OCCCNC(=O)c3cncc(c3)O5)ccc2c1=O. The maximum Gasteiger partial charge on any atom is 0.260 e. The normalized spacial score (nSPS) is 16.3. The number of benzene rings is 3. The molecule has 3 aliphatic rings. The molecule has 1 unspecified atom stereocenters. The van der Waals surface area contributed by atoms with E-state index in [2.05, 4.69) is 15.3 Å². The lowest BCUT2D eigenvalue weighted by molar-refractivity contribution is 0.0694. The molecule has 0 aliphatic carbocycles. The Balaban J connectivity index is 1.30. The summed E-state index contributed by atoms with van der Waals surface area (Å²) in [6.45, 7) is 1.30. The van der Waals surface area contributed by atoms with E-state index >= 15 is 0 Å². The fraction of sp³-hybridized carbons (Fsp3) is 0.206. The third-order valence-electron chi connectivity index (χ3n) is 8.03. The van der Waals surface area contributed by atoms with Gasteiger partial charge in [-0.1, -0.05) is 18.2 Å². The zero-order valence-corrected chi connectivity index (χ0v) is 24.0. The Morgan fingerprint density at radius 1 is 0.977 bits per heavy atom. The Labute approximate surface area is 252 Å². The summed E-state index contributed by atoms with van der Waals surface area (Å²) in [6.07, 6.45) is 5.77.